The molecule has 2 aromatic carbocycles. The van der Waals surface area contributed by atoms with E-state index in [0.29, 0.717) is 29.4 Å². The van der Waals surface area contributed by atoms with Gasteiger partial charge in [0, 0.05) is 11.6 Å². The summed E-state index contributed by atoms with van der Waals surface area (Å²) < 4.78 is 18.1. The van der Waals surface area contributed by atoms with Crippen molar-refractivity contribution >= 4 is 45.6 Å². The van der Waals surface area contributed by atoms with Crippen LogP contribution in [0.15, 0.2) is 53.8 Å². The Hall–Kier alpha value is -2.88. The molecule has 0 unspecified atom stereocenters. The second-order valence-corrected chi connectivity index (χ2v) is 8.00. The van der Waals surface area contributed by atoms with Gasteiger partial charge in [-0.3, -0.25) is 9.78 Å². The zero-order valence-electron chi connectivity index (χ0n) is 17.6. The van der Waals surface area contributed by atoms with Crippen LogP contribution in [0.3, 0.4) is 0 Å². The van der Waals surface area contributed by atoms with E-state index in [1.165, 1.54) is 0 Å². The van der Waals surface area contributed by atoms with Crippen LogP contribution in [0.5, 0.6) is 17.2 Å². The minimum absolute atomic E-state index is 0.0310. The maximum absolute atomic E-state index is 12.1. The van der Waals surface area contributed by atoms with Gasteiger partial charge in [0.25, 0.3) is 5.91 Å². The fraction of sp³-hybridized carbons (Fsp3) is 0.261. The monoisotopic (exact) mass is 533 g/mol. The average molecular weight is 533 g/mol. The number of para-hydroxylation sites is 1. The molecule has 1 aromatic heterocycles. The highest BCUT2D eigenvalue weighted by Gasteiger charge is 2.13. The van der Waals surface area contributed by atoms with Gasteiger partial charge in [-0.15, -0.1) is 0 Å². The Morgan fingerprint density at radius 1 is 1.19 bits per heavy atom. The number of fused-ring (bicyclic) bond motifs is 1. The summed E-state index contributed by atoms with van der Waals surface area (Å²) in [5.41, 5.74) is 3.97. The Morgan fingerprint density at radius 3 is 2.77 bits per heavy atom. The van der Waals surface area contributed by atoms with Crippen LogP contribution in [0.1, 0.15) is 26.3 Å². The highest BCUT2D eigenvalue weighted by molar-refractivity contribution is 14.1. The Labute approximate surface area is 194 Å². The third kappa shape index (κ3) is 6.30. The molecule has 0 spiro atoms. The van der Waals surface area contributed by atoms with E-state index in [9.17, 15) is 4.79 Å². The number of benzene rings is 2. The van der Waals surface area contributed by atoms with Gasteiger partial charge >= 0.3 is 0 Å². The third-order valence-corrected chi connectivity index (χ3v) is 4.84. The molecule has 8 heteroatoms. The minimum Gasteiger partial charge on any atom is -0.490 e. The van der Waals surface area contributed by atoms with Crippen molar-refractivity contribution in [3.63, 3.8) is 0 Å². The summed E-state index contributed by atoms with van der Waals surface area (Å²) in [6.45, 7) is 6.19. The summed E-state index contributed by atoms with van der Waals surface area (Å²) in [5, 5.41) is 4.98. The third-order valence-electron chi connectivity index (χ3n) is 4.04. The first-order valence-corrected chi connectivity index (χ1v) is 11.0. The molecule has 0 radical (unpaired) electrons. The van der Waals surface area contributed by atoms with Crippen LogP contribution in [-0.2, 0) is 4.79 Å². The maximum Gasteiger partial charge on any atom is 0.277 e. The molecule has 7 nitrogen and oxygen atoms in total. The predicted molar refractivity (Wildman–Crippen MR) is 129 cm³/mol. The topological polar surface area (TPSA) is 82.0 Å². The average Bonchev–Trinajstić information content (AvgIpc) is 2.74. The van der Waals surface area contributed by atoms with Gasteiger partial charge in [-0.2, -0.15) is 5.10 Å². The predicted octanol–water partition coefficient (Wildman–Crippen LogP) is 4.55. The summed E-state index contributed by atoms with van der Waals surface area (Å²) in [6, 6.07) is 13.1. The first kappa shape index (κ1) is 22.8. The van der Waals surface area contributed by atoms with Crippen molar-refractivity contribution in [3.05, 3.63) is 57.8 Å². The van der Waals surface area contributed by atoms with E-state index in [4.69, 9.17) is 14.2 Å². The fourth-order valence-corrected chi connectivity index (χ4v) is 3.58. The van der Waals surface area contributed by atoms with Gasteiger partial charge in [0.2, 0.25) is 0 Å². The minimum atomic E-state index is -0.372. The normalized spacial score (nSPS) is 11.1. The van der Waals surface area contributed by atoms with Crippen molar-refractivity contribution in [2.24, 2.45) is 5.10 Å². The molecule has 3 rings (SSSR count). The van der Waals surface area contributed by atoms with E-state index in [1.54, 1.807) is 18.5 Å². The summed E-state index contributed by atoms with van der Waals surface area (Å²) in [4.78, 5) is 16.4. The van der Waals surface area contributed by atoms with Crippen molar-refractivity contribution in [1.29, 1.82) is 0 Å². The lowest BCUT2D eigenvalue weighted by atomic mass is 10.2. The molecule has 31 heavy (non-hydrogen) atoms. The number of hydrazone groups is 1. The molecule has 1 heterocycles. The van der Waals surface area contributed by atoms with Crippen molar-refractivity contribution in [1.82, 2.24) is 10.4 Å². The SMILES string of the molecule is CCOc1cc(/C=N/NC(=O)COc2cccc3cccnc23)cc(I)c1OC(C)C. The van der Waals surface area contributed by atoms with E-state index >= 15 is 0 Å². The van der Waals surface area contributed by atoms with Crippen LogP contribution in [0.2, 0.25) is 0 Å². The van der Waals surface area contributed by atoms with Gasteiger partial charge in [0.05, 0.1) is 22.5 Å². The molecule has 0 atom stereocenters. The molecule has 0 aliphatic rings. The summed E-state index contributed by atoms with van der Waals surface area (Å²) in [5.74, 6) is 1.52. The second-order valence-electron chi connectivity index (χ2n) is 6.84. The lowest BCUT2D eigenvalue weighted by Gasteiger charge is -2.16. The summed E-state index contributed by atoms with van der Waals surface area (Å²) in [6.07, 6.45) is 3.28. The molecule has 0 saturated heterocycles. The number of carbonyl (C=O) groups is 1. The molecule has 3 aromatic rings. The molecule has 0 saturated carbocycles. The standard InChI is InChI=1S/C23H24IN3O4/c1-4-29-20-12-16(11-18(24)23(20)31-15(2)3)13-26-27-21(28)14-30-19-9-5-7-17-8-6-10-25-22(17)19/h5-13,15H,4,14H2,1-3H3,(H,27,28)/b26-13+. The van der Waals surface area contributed by atoms with Gasteiger partial charge in [0.15, 0.2) is 18.1 Å². The number of carbonyl (C=O) groups excluding carboxylic acids is 1. The Kier molecular flexibility index (Phi) is 8.05. The van der Waals surface area contributed by atoms with Gasteiger partial charge in [-0.25, -0.2) is 5.43 Å². The smallest absolute Gasteiger partial charge is 0.277 e. The lowest BCUT2D eigenvalue weighted by Crippen LogP contribution is -2.24. The number of aromatic nitrogens is 1. The Balaban J connectivity index is 1.62. The van der Waals surface area contributed by atoms with Gasteiger partial charge in [-0.1, -0.05) is 18.2 Å². The zero-order chi connectivity index (χ0) is 22.2. The number of pyridine rings is 1. The number of ether oxygens (including phenoxy) is 3. The van der Waals surface area contributed by atoms with Crippen LogP contribution in [-0.4, -0.2) is 36.4 Å². The quantitative estimate of drug-likeness (QED) is 0.248. The highest BCUT2D eigenvalue weighted by Crippen LogP contribution is 2.34. The van der Waals surface area contributed by atoms with Gasteiger partial charge in [0.1, 0.15) is 11.3 Å². The number of nitrogens with zero attached hydrogens (tertiary/aromatic N) is 2. The van der Waals surface area contributed by atoms with E-state index in [-0.39, 0.29) is 18.6 Å². The number of nitrogens with one attached hydrogen (secondary N) is 1. The fourth-order valence-electron chi connectivity index (χ4n) is 2.82. The molecule has 1 amide bonds. The number of hydrogen-bond acceptors (Lipinski definition) is 6. The Bertz CT molecular complexity index is 1080. The van der Waals surface area contributed by atoms with Crippen molar-refractivity contribution in [2.75, 3.05) is 13.2 Å². The second kappa shape index (κ2) is 10.9. The van der Waals surface area contributed by atoms with E-state index in [2.05, 4.69) is 38.1 Å². The molecule has 0 bridgehead atoms. The lowest BCUT2D eigenvalue weighted by molar-refractivity contribution is -0.123. The van der Waals surface area contributed by atoms with Crippen LogP contribution in [0, 0.1) is 3.57 Å². The van der Waals surface area contributed by atoms with Crippen LogP contribution in [0.4, 0.5) is 0 Å². The Morgan fingerprint density at radius 2 is 2.00 bits per heavy atom. The molecule has 0 aliphatic carbocycles. The van der Waals surface area contributed by atoms with E-state index in [0.717, 1.165) is 14.5 Å². The maximum atomic E-state index is 12.1. The van der Waals surface area contributed by atoms with Crippen molar-refractivity contribution in [2.45, 2.75) is 26.9 Å². The molecule has 0 aliphatic heterocycles. The first-order valence-electron chi connectivity index (χ1n) is 9.89. The van der Waals surface area contributed by atoms with E-state index < -0.39 is 0 Å². The highest BCUT2D eigenvalue weighted by atomic mass is 127. The molecule has 1 N–H and O–H groups in total. The number of rotatable bonds is 9. The van der Waals surface area contributed by atoms with Crippen LogP contribution in [0.25, 0.3) is 10.9 Å². The van der Waals surface area contributed by atoms with Gasteiger partial charge in [-0.05, 0) is 73.2 Å². The first-order chi connectivity index (χ1) is 15.0. The van der Waals surface area contributed by atoms with Crippen LogP contribution >= 0.6 is 22.6 Å². The van der Waals surface area contributed by atoms with Crippen LogP contribution < -0.4 is 19.6 Å². The number of amides is 1. The van der Waals surface area contributed by atoms with Crippen molar-refractivity contribution in [3.8, 4) is 17.2 Å². The summed E-state index contributed by atoms with van der Waals surface area (Å²) >= 11 is 2.20. The zero-order valence-corrected chi connectivity index (χ0v) is 19.8. The van der Waals surface area contributed by atoms with Gasteiger partial charge < -0.3 is 14.2 Å². The molecule has 162 valence electrons. The molecule has 0 fully saturated rings. The van der Waals surface area contributed by atoms with E-state index in [1.807, 2.05) is 57.2 Å². The molecular formula is C23H24IN3O4. The van der Waals surface area contributed by atoms with Crippen molar-refractivity contribution < 1.29 is 19.0 Å². The number of halogens is 1. The number of hydrogen-bond donors (Lipinski definition) is 1. The largest absolute Gasteiger partial charge is 0.490 e. The molecular weight excluding hydrogens is 509 g/mol. The summed E-state index contributed by atoms with van der Waals surface area (Å²) in [7, 11) is 0.